The van der Waals surface area contributed by atoms with Gasteiger partial charge >= 0.3 is 0 Å². The van der Waals surface area contributed by atoms with Crippen LogP contribution in [-0.4, -0.2) is 15.0 Å². The lowest BCUT2D eigenvalue weighted by Crippen LogP contribution is -2.03. The summed E-state index contributed by atoms with van der Waals surface area (Å²) >= 11 is 0. The summed E-state index contributed by atoms with van der Waals surface area (Å²) in [5, 5.41) is 4.39. The first-order valence-electron chi connectivity index (χ1n) is 8.30. The normalized spacial score (nSPS) is 11.0. The Labute approximate surface area is 150 Å². The fourth-order valence-corrected chi connectivity index (χ4v) is 3.05. The number of fused-ring (bicyclic) bond motifs is 1. The second kappa shape index (κ2) is 6.48. The monoisotopic (exact) mass is 347 g/mol. The van der Waals surface area contributed by atoms with Crippen LogP contribution < -0.4 is 11.1 Å². The number of anilines is 2. The number of aromatic amines is 1. The van der Waals surface area contributed by atoms with Crippen LogP contribution in [0.2, 0.25) is 0 Å². The minimum absolute atomic E-state index is 0.235. The number of nitrogens with two attached hydrogens (primary N) is 1. The van der Waals surface area contributed by atoms with E-state index >= 15 is 0 Å². The lowest BCUT2D eigenvalue weighted by Gasteiger charge is -2.06. The third kappa shape index (κ3) is 3.09. The summed E-state index contributed by atoms with van der Waals surface area (Å²) in [6, 6.07) is 14.6. The fraction of sp³-hybridized carbons (Fsp3) is 0.100. The topological polar surface area (TPSA) is 79.6 Å². The molecule has 130 valence electrons. The molecular weight excluding hydrogens is 329 g/mol. The van der Waals surface area contributed by atoms with E-state index in [1.54, 1.807) is 24.4 Å². The second-order valence-corrected chi connectivity index (χ2v) is 6.17. The summed E-state index contributed by atoms with van der Waals surface area (Å²) in [6.07, 6.45) is 1.62. The number of rotatable bonds is 4. The molecule has 0 aliphatic rings. The molecule has 4 rings (SSSR count). The number of hydrogen-bond donors (Lipinski definition) is 3. The number of nitrogens with one attached hydrogen (secondary N) is 2. The largest absolute Gasteiger partial charge is 0.368 e. The van der Waals surface area contributed by atoms with Gasteiger partial charge in [0.25, 0.3) is 0 Å². The summed E-state index contributed by atoms with van der Waals surface area (Å²) in [5.74, 6) is 0.701. The van der Waals surface area contributed by atoms with Gasteiger partial charge in [-0.2, -0.15) is 4.98 Å². The molecule has 2 aromatic carbocycles. The van der Waals surface area contributed by atoms with Crippen molar-refractivity contribution in [2.24, 2.45) is 0 Å². The van der Waals surface area contributed by atoms with E-state index in [9.17, 15) is 4.39 Å². The Kier molecular flexibility index (Phi) is 4.01. The first kappa shape index (κ1) is 16.1. The molecule has 4 aromatic rings. The number of benzene rings is 2. The zero-order chi connectivity index (χ0) is 18.1. The molecule has 4 N–H and O–H groups in total. The van der Waals surface area contributed by atoms with Crippen LogP contribution in [0.1, 0.15) is 11.1 Å². The van der Waals surface area contributed by atoms with E-state index in [-0.39, 0.29) is 11.8 Å². The van der Waals surface area contributed by atoms with Crippen LogP contribution in [0.5, 0.6) is 0 Å². The predicted octanol–water partition coefficient (Wildman–Crippen LogP) is 4.27. The van der Waals surface area contributed by atoms with Gasteiger partial charge in [0, 0.05) is 29.3 Å². The molecule has 0 unspecified atom stereocenters. The minimum Gasteiger partial charge on any atom is -0.368 e. The third-order valence-electron chi connectivity index (χ3n) is 4.40. The quantitative estimate of drug-likeness (QED) is 0.515. The molecule has 0 amide bonds. The molecule has 0 fully saturated rings. The van der Waals surface area contributed by atoms with Gasteiger partial charge in [-0.25, -0.2) is 9.37 Å². The van der Waals surface area contributed by atoms with Crippen LogP contribution in [0.3, 0.4) is 0 Å². The average Bonchev–Trinajstić information content (AvgIpc) is 2.97. The number of H-pyrrole nitrogens is 1. The van der Waals surface area contributed by atoms with Crippen molar-refractivity contribution < 1.29 is 4.39 Å². The van der Waals surface area contributed by atoms with Crippen LogP contribution in [0.25, 0.3) is 22.2 Å². The Bertz CT molecular complexity index is 1070. The maximum Gasteiger partial charge on any atom is 0.221 e. The lowest BCUT2D eigenvalue weighted by atomic mass is 10.1. The highest BCUT2D eigenvalue weighted by molar-refractivity contribution is 5.91. The Morgan fingerprint density at radius 3 is 2.69 bits per heavy atom. The van der Waals surface area contributed by atoms with E-state index < -0.39 is 0 Å². The Balaban J connectivity index is 1.62. The highest BCUT2D eigenvalue weighted by atomic mass is 19.1. The molecule has 0 radical (unpaired) electrons. The van der Waals surface area contributed by atoms with E-state index in [1.807, 2.05) is 0 Å². The van der Waals surface area contributed by atoms with Crippen molar-refractivity contribution >= 4 is 22.7 Å². The zero-order valence-corrected chi connectivity index (χ0v) is 14.3. The predicted molar refractivity (Wildman–Crippen MR) is 102 cm³/mol. The number of nitrogen functional groups attached to an aromatic ring is 1. The maximum absolute atomic E-state index is 13.2. The number of aromatic nitrogens is 3. The van der Waals surface area contributed by atoms with E-state index in [1.165, 1.54) is 12.1 Å². The van der Waals surface area contributed by atoms with Crippen molar-refractivity contribution in [2.75, 3.05) is 11.1 Å². The fourth-order valence-electron chi connectivity index (χ4n) is 3.05. The summed E-state index contributed by atoms with van der Waals surface area (Å²) in [5.41, 5.74) is 10.9. The smallest absolute Gasteiger partial charge is 0.221 e. The molecule has 26 heavy (non-hydrogen) atoms. The Morgan fingerprint density at radius 1 is 1.12 bits per heavy atom. The molecule has 5 nitrogen and oxygen atoms in total. The molecule has 0 bridgehead atoms. The number of nitrogens with zero attached hydrogens (tertiary/aromatic N) is 2. The number of halogens is 1. The zero-order valence-electron chi connectivity index (χ0n) is 14.3. The van der Waals surface area contributed by atoms with Crippen LogP contribution in [0.15, 0.2) is 54.7 Å². The average molecular weight is 347 g/mol. The minimum atomic E-state index is -0.235. The summed E-state index contributed by atoms with van der Waals surface area (Å²) < 4.78 is 13.2. The molecule has 0 aliphatic heterocycles. The SMILES string of the molecule is Cc1c(-c2ccc(F)cc2)[nH]c2ccc(CNc3ccnc(N)n3)cc12. The second-order valence-electron chi connectivity index (χ2n) is 6.17. The van der Waals surface area contributed by atoms with Crippen molar-refractivity contribution in [1.29, 1.82) is 0 Å². The van der Waals surface area contributed by atoms with Crippen molar-refractivity contribution in [3.63, 3.8) is 0 Å². The van der Waals surface area contributed by atoms with Crippen LogP contribution in [0.4, 0.5) is 16.2 Å². The van der Waals surface area contributed by atoms with Crippen LogP contribution >= 0.6 is 0 Å². The van der Waals surface area contributed by atoms with E-state index in [4.69, 9.17) is 5.73 Å². The first-order chi connectivity index (χ1) is 12.6. The molecular formula is C20H18FN5. The third-order valence-corrected chi connectivity index (χ3v) is 4.40. The van der Waals surface area contributed by atoms with E-state index in [0.717, 1.165) is 33.3 Å². The van der Waals surface area contributed by atoms with Crippen molar-refractivity contribution in [3.05, 3.63) is 71.7 Å². The Hall–Kier alpha value is -3.41. The number of hydrogen-bond acceptors (Lipinski definition) is 4. The van der Waals surface area contributed by atoms with Gasteiger partial charge in [0.2, 0.25) is 5.95 Å². The van der Waals surface area contributed by atoms with Gasteiger partial charge in [0.05, 0.1) is 0 Å². The standard InChI is InChI=1S/C20H18FN5/c1-12-16-10-13(11-24-18-8-9-23-20(22)26-18)2-7-17(16)25-19(12)14-3-5-15(21)6-4-14/h2-10,25H,11H2,1H3,(H3,22,23,24,26). The molecule has 2 aromatic heterocycles. The van der Waals surface area contributed by atoms with Crippen molar-refractivity contribution in [2.45, 2.75) is 13.5 Å². The Morgan fingerprint density at radius 2 is 1.92 bits per heavy atom. The molecule has 2 heterocycles. The first-order valence-corrected chi connectivity index (χ1v) is 8.30. The summed E-state index contributed by atoms with van der Waals surface area (Å²) in [6.45, 7) is 2.70. The maximum atomic E-state index is 13.2. The van der Waals surface area contributed by atoms with Gasteiger partial charge in [-0.1, -0.05) is 6.07 Å². The van der Waals surface area contributed by atoms with E-state index in [0.29, 0.717) is 12.4 Å². The molecule has 0 saturated carbocycles. The van der Waals surface area contributed by atoms with Crippen molar-refractivity contribution in [3.8, 4) is 11.3 Å². The van der Waals surface area contributed by atoms with Gasteiger partial charge in [0.1, 0.15) is 11.6 Å². The molecule has 6 heteroatoms. The van der Waals surface area contributed by atoms with Crippen LogP contribution in [0, 0.1) is 12.7 Å². The van der Waals surface area contributed by atoms with Gasteiger partial charge < -0.3 is 16.0 Å². The number of aryl methyl sites for hydroxylation is 1. The summed E-state index contributed by atoms with van der Waals surface area (Å²) in [7, 11) is 0. The van der Waals surface area contributed by atoms with Gasteiger partial charge in [-0.15, -0.1) is 0 Å². The van der Waals surface area contributed by atoms with Crippen molar-refractivity contribution in [1.82, 2.24) is 15.0 Å². The molecule has 0 aliphatic carbocycles. The van der Waals surface area contributed by atoms with Gasteiger partial charge in [-0.05, 0) is 66.1 Å². The molecule has 0 spiro atoms. The summed E-state index contributed by atoms with van der Waals surface area (Å²) in [4.78, 5) is 11.4. The highest BCUT2D eigenvalue weighted by Gasteiger charge is 2.10. The van der Waals surface area contributed by atoms with E-state index in [2.05, 4.69) is 45.4 Å². The highest BCUT2D eigenvalue weighted by Crippen LogP contribution is 2.30. The molecule has 0 saturated heterocycles. The van der Waals surface area contributed by atoms with Gasteiger partial charge in [-0.3, -0.25) is 0 Å². The van der Waals surface area contributed by atoms with Gasteiger partial charge in [0.15, 0.2) is 0 Å². The molecule has 0 atom stereocenters. The lowest BCUT2D eigenvalue weighted by molar-refractivity contribution is 0.628. The van der Waals surface area contributed by atoms with Crippen LogP contribution in [-0.2, 0) is 6.54 Å².